The number of aliphatic carboxylic acids is 2. The zero-order valence-electron chi connectivity index (χ0n) is 10.7. The molecule has 1 fully saturated rings. The maximum atomic E-state index is 11.5. The van der Waals surface area contributed by atoms with Crippen LogP contribution in [0.15, 0.2) is 0 Å². The summed E-state index contributed by atoms with van der Waals surface area (Å²) in [5, 5.41) is 22.3. The first kappa shape index (κ1) is 15.3. The number of carboxylic acids is 2. The van der Waals surface area contributed by atoms with Crippen LogP contribution in [0.2, 0.25) is 0 Å². The van der Waals surface area contributed by atoms with E-state index in [2.05, 4.69) is 10.6 Å². The number of carbonyl (C=O) groups is 3. The Labute approximate surface area is 111 Å². The average Bonchev–Trinajstić information content (AvgIpc) is 3.11. The van der Waals surface area contributed by atoms with Gasteiger partial charge in [0.2, 0.25) is 0 Å². The number of carboxylic acid groups (broad SMARTS) is 2. The smallest absolute Gasteiger partial charge is 0.326 e. The van der Waals surface area contributed by atoms with Crippen molar-refractivity contribution in [3.8, 4) is 0 Å². The lowest BCUT2D eigenvalue weighted by Gasteiger charge is -2.14. The highest BCUT2D eigenvalue weighted by molar-refractivity contribution is 5.82. The summed E-state index contributed by atoms with van der Waals surface area (Å²) < 4.78 is 0. The van der Waals surface area contributed by atoms with Crippen molar-refractivity contribution < 1.29 is 24.6 Å². The van der Waals surface area contributed by atoms with Crippen LogP contribution in [0.4, 0.5) is 4.79 Å². The summed E-state index contributed by atoms with van der Waals surface area (Å²) in [5.74, 6) is -1.42. The Morgan fingerprint density at radius 1 is 1.21 bits per heavy atom. The third-order valence-electron chi connectivity index (χ3n) is 3.02. The summed E-state index contributed by atoms with van der Waals surface area (Å²) in [7, 11) is 0. The molecule has 0 aromatic heterocycles. The molecule has 0 radical (unpaired) electrons. The van der Waals surface area contributed by atoms with E-state index in [0.29, 0.717) is 12.5 Å². The molecule has 19 heavy (non-hydrogen) atoms. The molecule has 7 heteroatoms. The summed E-state index contributed by atoms with van der Waals surface area (Å²) in [6, 6.07) is -1.55. The van der Waals surface area contributed by atoms with Crippen LogP contribution in [0, 0.1) is 5.92 Å². The highest BCUT2D eigenvalue weighted by Crippen LogP contribution is 2.31. The highest BCUT2D eigenvalue weighted by Gasteiger charge is 2.22. The number of rotatable bonds is 9. The van der Waals surface area contributed by atoms with Crippen LogP contribution in [0.1, 0.15) is 38.5 Å². The fourth-order valence-corrected chi connectivity index (χ4v) is 1.72. The van der Waals surface area contributed by atoms with Gasteiger partial charge in [0, 0.05) is 13.0 Å². The number of hydrogen-bond donors (Lipinski definition) is 4. The van der Waals surface area contributed by atoms with E-state index in [1.54, 1.807) is 0 Å². The second-order valence-electron chi connectivity index (χ2n) is 4.81. The Bertz CT molecular complexity index is 341. The van der Waals surface area contributed by atoms with Crippen molar-refractivity contribution in [2.24, 2.45) is 5.92 Å². The van der Waals surface area contributed by atoms with Crippen molar-refractivity contribution in [2.45, 2.75) is 44.6 Å². The van der Waals surface area contributed by atoms with E-state index in [4.69, 9.17) is 10.2 Å². The zero-order chi connectivity index (χ0) is 14.3. The third kappa shape index (κ3) is 7.28. The first-order valence-electron chi connectivity index (χ1n) is 6.48. The Kier molecular flexibility index (Phi) is 6.11. The standard InChI is InChI=1S/C12H20N2O5/c15-10(16)3-1-2-9(11(17)18)14-12(19)13-7-6-8-4-5-8/h8-9H,1-7H2,(H,15,16)(H,17,18)(H2,13,14,19)/t9-/m1/s1. The maximum absolute atomic E-state index is 11.5. The molecule has 1 aliphatic carbocycles. The molecule has 7 nitrogen and oxygen atoms in total. The molecular formula is C12H20N2O5. The van der Waals surface area contributed by atoms with Gasteiger partial charge in [-0.05, 0) is 25.2 Å². The number of hydrogen-bond acceptors (Lipinski definition) is 3. The first-order valence-corrected chi connectivity index (χ1v) is 6.48. The van der Waals surface area contributed by atoms with Crippen LogP contribution in [-0.4, -0.2) is 40.8 Å². The van der Waals surface area contributed by atoms with E-state index in [9.17, 15) is 14.4 Å². The maximum Gasteiger partial charge on any atom is 0.326 e. The molecule has 1 atom stereocenters. The highest BCUT2D eigenvalue weighted by atomic mass is 16.4. The first-order chi connectivity index (χ1) is 8.99. The minimum atomic E-state index is -1.15. The molecule has 108 valence electrons. The molecule has 1 saturated carbocycles. The topological polar surface area (TPSA) is 116 Å². The van der Waals surface area contributed by atoms with Gasteiger partial charge in [-0.1, -0.05) is 12.8 Å². The fraction of sp³-hybridized carbons (Fsp3) is 0.750. The molecular weight excluding hydrogens is 252 g/mol. The number of urea groups is 1. The molecule has 0 spiro atoms. The van der Waals surface area contributed by atoms with Crippen LogP contribution in [-0.2, 0) is 9.59 Å². The predicted molar refractivity (Wildman–Crippen MR) is 66.8 cm³/mol. The van der Waals surface area contributed by atoms with Crippen LogP contribution < -0.4 is 10.6 Å². The second-order valence-corrected chi connectivity index (χ2v) is 4.81. The molecule has 0 aromatic carbocycles. The fourth-order valence-electron chi connectivity index (χ4n) is 1.72. The van der Waals surface area contributed by atoms with E-state index in [1.165, 1.54) is 12.8 Å². The lowest BCUT2D eigenvalue weighted by atomic mass is 10.1. The quantitative estimate of drug-likeness (QED) is 0.495. The summed E-state index contributed by atoms with van der Waals surface area (Å²) >= 11 is 0. The van der Waals surface area contributed by atoms with Crippen LogP contribution in [0.5, 0.6) is 0 Å². The van der Waals surface area contributed by atoms with E-state index < -0.39 is 24.0 Å². The SMILES string of the molecule is O=C(O)CCC[C@@H](NC(=O)NCCC1CC1)C(=O)O. The number of amides is 2. The number of nitrogens with one attached hydrogen (secondary N) is 2. The summed E-state index contributed by atoms with van der Waals surface area (Å²) in [6.07, 6.45) is 3.55. The Balaban J connectivity index is 2.20. The van der Waals surface area contributed by atoms with Gasteiger partial charge in [0.25, 0.3) is 0 Å². The average molecular weight is 272 g/mol. The van der Waals surface area contributed by atoms with Gasteiger partial charge in [-0.15, -0.1) is 0 Å². The van der Waals surface area contributed by atoms with Gasteiger partial charge in [-0.3, -0.25) is 4.79 Å². The molecule has 1 rings (SSSR count). The molecule has 2 amide bonds. The van der Waals surface area contributed by atoms with Crippen molar-refractivity contribution in [1.29, 1.82) is 0 Å². The molecule has 0 saturated heterocycles. The monoisotopic (exact) mass is 272 g/mol. The van der Waals surface area contributed by atoms with Crippen molar-refractivity contribution >= 4 is 18.0 Å². The Morgan fingerprint density at radius 3 is 2.42 bits per heavy atom. The minimum Gasteiger partial charge on any atom is -0.481 e. The van der Waals surface area contributed by atoms with Gasteiger partial charge in [0.1, 0.15) is 6.04 Å². The van der Waals surface area contributed by atoms with Crippen molar-refractivity contribution in [2.75, 3.05) is 6.54 Å². The molecule has 0 aliphatic heterocycles. The van der Waals surface area contributed by atoms with Crippen LogP contribution in [0.3, 0.4) is 0 Å². The van der Waals surface area contributed by atoms with Gasteiger partial charge in [0.15, 0.2) is 0 Å². The van der Waals surface area contributed by atoms with Crippen LogP contribution in [0.25, 0.3) is 0 Å². The van der Waals surface area contributed by atoms with E-state index in [0.717, 1.165) is 6.42 Å². The molecule has 0 unspecified atom stereocenters. The largest absolute Gasteiger partial charge is 0.481 e. The Hall–Kier alpha value is -1.79. The summed E-state index contributed by atoms with van der Waals surface area (Å²) in [4.78, 5) is 32.7. The van der Waals surface area contributed by atoms with Crippen LogP contribution >= 0.6 is 0 Å². The van der Waals surface area contributed by atoms with E-state index in [1.807, 2.05) is 0 Å². The molecule has 1 aliphatic rings. The molecule has 0 bridgehead atoms. The van der Waals surface area contributed by atoms with Crippen molar-refractivity contribution in [3.63, 3.8) is 0 Å². The minimum absolute atomic E-state index is 0.102. The van der Waals surface area contributed by atoms with E-state index in [-0.39, 0.29) is 19.3 Å². The van der Waals surface area contributed by atoms with Gasteiger partial charge >= 0.3 is 18.0 Å². The van der Waals surface area contributed by atoms with Gasteiger partial charge in [-0.25, -0.2) is 9.59 Å². The lowest BCUT2D eigenvalue weighted by molar-refractivity contribution is -0.140. The molecule has 0 aromatic rings. The Morgan fingerprint density at radius 2 is 1.89 bits per heavy atom. The summed E-state index contributed by atoms with van der Waals surface area (Å²) in [6.45, 7) is 0.540. The third-order valence-corrected chi connectivity index (χ3v) is 3.02. The molecule has 4 N–H and O–H groups in total. The zero-order valence-corrected chi connectivity index (χ0v) is 10.7. The van der Waals surface area contributed by atoms with Gasteiger partial charge < -0.3 is 20.8 Å². The normalized spacial score (nSPS) is 15.6. The van der Waals surface area contributed by atoms with E-state index >= 15 is 0 Å². The predicted octanol–water partition coefficient (Wildman–Crippen LogP) is 0.794. The number of carbonyl (C=O) groups excluding carboxylic acids is 1. The van der Waals surface area contributed by atoms with Gasteiger partial charge in [0.05, 0.1) is 0 Å². The van der Waals surface area contributed by atoms with Crippen molar-refractivity contribution in [1.82, 2.24) is 10.6 Å². The van der Waals surface area contributed by atoms with Crippen molar-refractivity contribution in [3.05, 3.63) is 0 Å². The van der Waals surface area contributed by atoms with Gasteiger partial charge in [-0.2, -0.15) is 0 Å². The second kappa shape index (κ2) is 7.60. The molecule has 0 heterocycles. The lowest BCUT2D eigenvalue weighted by Crippen LogP contribution is -2.46. The summed E-state index contributed by atoms with van der Waals surface area (Å²) in [5.41, 5.74) is 0.